The van der Waals surface area contributed by atoms with Gasteiger partial charge in [0.2, 0.25) is 11.7 Å². The summed E-state index contributed by atoms with van der Waals surface area (Å²) in [5, 5.41) is 6.97. The molecule has 142 valence electrons. The number of carbonyl (C=O) groups excluding carboxylic acids is 2. The second-order valence-corrected chi connectivity index (χ2v) is 6.88. The second-order valence-electron chi connectivity index (χ2n) is 6.88. The number of nitrogens with one attached hydrogen (secondary N) is 1. The lowest BCUT2D eigenvalue weighted by molar-refractivity contribution is -0.143. The first-order valence-electron chi connectivity index (χ1n) is 9.11. The number of carbonyl (C=O) groups is 2. The van der Waals surface area contributed by atoms with Crippen molar-refractivity contribution >= 4 is 11.8 Å². The molecule has 0 radical (unpaired) electrons. The van der Waals surface area contributed by atoms with E-state index in [2.05, 4.69) is 20.4 Å². The zero-order valence-electron chi connectivity index (χ0n) is 15.1. The van der Waals surface area contributed by atoms with Crippen LogP contribution < -0.4 is 5.32 Å². The number of ether oxygens (including phenoxy) is 1. The predicted octanol–water partition coefficient (Wildman–Crippen LogP) is 0.289. The van der Waals surface area contributed by atoms with Crippen molar-refractivity contribution in [2.24, 2.45) is 7.05 Å². The molecule has 2 saturated heterocycles. The molecular weight excluding hydrogens is 348 g/mol. The van der Waals surface area contributed by atoms with E-state index in [1.54, 1.807) is 18.1 Å². The van der Waals surface area contributed by atoms with Gasteiger partial charge in [-0.1, -0.05) is 6.07 Å². The van der Waals surface area contributed by atoms with E-state index in [-0.39, 0.29) is 29.8 Å². The maximum absolute atomic E-state index is 12.6. The molecule has 2 amide bonds. The summed E-state index contributed by atoms with van der Waals surface area (Å²) >= 11 is 0. The molecule has 9 nitrogen and oxygen atoms in total. The van der Waals surface area contributed by atoms with Crippen molar-refractivity contribution in [3.05, 3.63) is 42.2 Å². The Bertz CT molecular complexity index is 824. The van der Waals surface area contributed by atoms with Gasteiger partial charge < -0.3 is 15.0 Å². The van der Waals surface area contributed by atoms with E-state index < -0.39 is 6.10 Å². The minimum atomic E-state index is -0.488. The number of aryl methyl sites for hydroxylation is 1. The lowest BCUT2D eigenvalue weighted by Gasteiger charge is -2.35. The van der Waals surface area contributed by atoms with Crippen molar-refractivity contribution in [1.29, 1.82) is 0 Å². The average Bonchev–Trinajstić information content (AvgIpc) is 3.32. The van der Waals surface area contributed by atoms with Crippen LogP contribution in [0.5, 0.6) is 0 Å². The molecule has 2 aliphatic heterocycles. The van der Waals surface area contributed by atoms with Gasteiger partial charge in [0.15, 0.2) is 0 Å². The summed E-state index contributed by atoms with van der Waals surface area (Å²) in [7, 11) is 1.73. The fourth-order valence-corrected chi connectivity index (χ4v) is 3.73. The number of aromatic nitrogens is 4. The standard InChI is InChI=1S/C18H22N6O3/c1-23-11-21-16(22-23)18(26)24-9-7-14-13(24)5-6-15(27-14)17(25)20-10-12-4-2-3-8-19-12/h2-4,8,11,13-15H,5-7,9-10H2,1H3,(H,20,25)/t13-,14-,15+/m1/s1. The van der Waals surface area contributed by atoms with Gasteiger partial charge in [-0.15, -0.1) is 5.10 Å². The van der Waals surface area contributed by atoms with E-state index in [0.29, 0.717) is 25.9 Å². The minimum absolute atomic E-state index is 0.0267. The van der Waals surface area contributed by atoms with Gasteiger partial charge in [-0.05, 0) is 31.4 Å². The molecule has 0 bridgehead atoms. The van der Waals surface area contributed by atoms with Crippen molar-refractivity contribution in [2.75, 3.05) is 6.54 Å². The molecule has 4 rings (SSSR count). The SMILES string of the molecule is Cn1cnc(C(=O)N2CC[C@H]3O[C@H](C(=O)NCc4ccccn4)CC[C@H]32)n1. The topological polar surface area (TPSA) is 102 Å². The largest absolute Gasteiger partial charge is 0.363 e. The average molecular weight is 370 g/mol. The van der Waals surface area contributed by atoms with Gasteiger partial charge in [-0.3, -0.25) is 19.3 Å². The zero-order valence-corrected chi connectivity index (χ0v) is 15.1. The van der Waals surface area contributed by atoms with Crippen molar-refractivity contribution in [1.82, 2.24) is 30.0 Å². The van der Waals surface area contributed by atoms with Gasteiger partial charge in [0.05, 0.1) is 24.4 Å². The summed E-state index contributed by atoms with van der Waals surface area (Å²) in [5.41, 5.74) is 0.806. The predicted molar refractivity (Wildman–Crippen MR) is 94.4 cm³/mol. The highest BCUT2D eigenvalue weighted by Gasteiger charge is 2.44. The van der Waals surface area contributed by atoms with Gasteiger partial charge in [0, 0.05) is 19.8 Å². The molecule has 3 atom stereocenters. The van der Waals surface area contributed by atoms with Crippen LogP contribution in [0.1, 0.15) is 35.6 Å². The summed E-state index contributed by atoms with van der Waals surface area (Å²) in [6.45, 7) is 0.971. The van der Waals surface area contributed by atoms with E-state index in [1.165, 1.54) is 11.0 Å². The van der Waals surface area contributed by atoms with Crippen molar-refractivity contribution < 1.29 is 14.3 Å². The minimum Gasteiger partial charge on any atom is -0.363 e. The Labute approximate surface area is 156 Å². The van der Waals surface area contributed by atoms with Crippen LogP contribution in [0.25, 0.3) is 0 Å². The first-order chi connectivity index (χ1) is 13.1. The summed E-state index contributed by atoms with van der Waals surface area (Å²) in [6.07, 6.45) is 4.62. The Morgan fingerprint density at radius 2 is 2.15 bits per heavy atom. The number of rotatable bonds is 4. The smallest absolute Gasteiger partial charge is 0.293 e. The Hall–Kier alpha value is -2.81. The van der Waals surface area contributed by atoms with Crippen LogP contribution in [0.4, 0.5) is 0 Å². The second kappa shape index (κ2) is 7.43. The monoisotopic (exact) mass is 370 g/mol. The molecule has 0 aliphatic carbocycles. The Kier molecular flexibility index (Phi) is 4.85. The van der Waals surface area contributed by atoms with Crippen LogP contribution in [-0.2, 0) is 23.1 Å². The van der Waals surface area contributed by atoms with Gasteiger partial charge in [0.25, 0.3) is 5.91 Å². The number of pyridine rings is 1. The van der Waals surface area contributed by atoms with Crippen LogP contribution in [0, 0.1) is 0 Å². The maximum atomic E-state index is 12.6. The lowest BCUT2D eigenvalue weighted by Crippen LogP contribution is -2.49. The molecule has 4 heterocycles. The van der Waals surface area contributed by atoms with Gasteiger partial charge >= 0.3 is 0 Å². The number of nitrogens with zero attached hydrogens (tertiary/aromatic N) is 5. The normalized spacial score (nSPS) is 24.5. The first-order valence-corrected chi connectivity index (χ1v) is 9.11. The van der Waals surface area contributed by atoms with Crippen LogP contribution in [0.2, 0.25) is 0 Å². The van der Waals surface area contributed by atoms with Crippen LogP contribution in [0.15, 0.2) is 30.7 Å². The molecule has 27 heavy (non-hydrogen) atoms. The number of fused-ring (bicyclic) bond motifs is 1. The van der Waals surface area contributed by atoms with Crippen LogP contribution >= 0.6 is 0 Å². The van der Waals surface area contributed by atoms with Crippen LogP contribution in [-0.4, -0.2) is 61.3 Å². The van der Waals surface area contributed by atoms with Crippen molar-refractivity contribution in [2.45, 2.75) is 44.1 Å². The highest BCUT2D eigenvalue weighted by atomic mass is 16.5. The molecule has 0 saturated carbocycles. The lowest BCUT2D eigenvalue weighted by atomic mass is 9.98. The van der Waals surface area contributed by atoms with E-state index in [4.69, 9.17) is 4.74 Å². The van der Waals surface area contributed by atoms with Gasteiger partial charge in [0.1, 0.15) is 12.4 Å². The summed E-state index contributed by atoms with van der Waals surface area (Å²) in [4.78, 5) is 35.1. The highest BCUT2D eigenvalue weighted by molar-refractivity contribution is 5.91. The van der Waals surface area contributed by atoms with Gasteiger partial charge in [-0.2, -0.15) is 0 Å². The Morgan fingerprint density at radius 1 is 1.26 bits per heavy atom. The van der Waals surface area contributed by atoms with E-state index in [1.807, 2.05) is 18.2 Å². The molecule has 2 aliphatic rings. The third kappa shape index (κ3) is 3.68. The number of hydrogen-bond acceptors (Lipinski definition) is 6. The van der Waals surface area contributed by atoms with Gasteiger partial charge in [-0.25, -0.2) is 4.98 Å². The molecule has 1 N–H and O–H groups in total. The van der Waals surface area contributed by atoms with Crippen molar-refractivity contribution in [3.8, 4) is 0 Å². The third-order valence-corrected chi connectivity index (χ3v) is 5.06. The summed E-state index contributed by atoms with van der Waals surface area (Å²) in [6, 6.07) is 5.56. The first kappa shape index (κ1) is 17.6. The molecule has 2 aromatic heterocycles. The van der Waals surface area contributed by atoms with E-state index in [9.17, 15) is 9.59 Å². The maximum Gasteiger partial charge on any atom is 0.293 e. The van der Waals surface area contributed by atoms with Crippen molar-refractivity contribution in [3.63, 3.8) is 0 Å². The number of likely N-dealkylation sites (tertiary alicyclic amines) is 1. The number of amides is 2. The van der Waals surface area contributed by atoms with Crippen LogP contribution in [0.3, 0.4) is 0 Å². The molecule has 9 heteroatoms. The molecule has 2 aromatic rings. The molecule has 0 spiro atoms. The quantitative estimate of drug-likeness (QED) is 0.830. The number of hydrogen-bond donors (Lipinski definition) is 1. The summed E-state index contributed by atoms with van der Waals surface area (Å²) < 4.78 is 7.52. The zero-order chi connectivity index (χ0) is 18.8. The summed E-state index contributed by atoms with van der Waals surface area (Å²) in [5.74, 6) is -0.103. The Morgan fingerprint density at radius 3 is 2.89 bits per heavy atom. The highest BCUT2D eigenvalue weighted by Crippen LogP contribution is 2.32. The Balaban J connectivity index is 1.33. The molecule has 2 fully saturated rings. The molecular formula is C18H22N6O3. The van der Waals surface area contributed by atoms with E-state index >= 15 is 0 Å². The fourth-order valence-electron chi connectivity index (χ4n) is 3.73. The fraction of sp³-hybridized carbons (Fsp3) is 0.500. The molecule has 0 unspecified atom stereocenters. The van der Waals surface area contributed by atoms with E-state index in [0.717, 1.165) is 12.1 Å². The molecule has 0 aromatic carbocycles. The third-order valence-electron chi connectivity index (χ3n) is 5.06.